The molecule has 0 saturated carbocycles. The van der Waals surface area contributed by atoms with Gasteiger partial charge in [-0.05, 0) is 12.5 Å². The quantitative estimate of drug-likeness (QED) is 0.593. The lowest BCUT2D eigenvalue weighted by molar-refractivity contribution is -0.114. The molecule has 1 amide bonds. The number of dihydropyridines is 1. The predicted molar refractivity (Wildman–Crippen MR) is 48.1 cm³/mol. The van der Waals surface area contributed by atoms with Crippen LogP contribution in [0.25, 0.3) is 0 Å². The molecule has 0 saturated heterocycles. The summed E-state index contributed by atoms with van der Waals surface area (Å²) in [5.74, 6) is -0.128. The molecule has 0 bridgehead atoms. The normalized spacial score (nSPS) is 15.6. The van der Waals surface area contributed by atoms with Gasteiger partial charge in [0.15, 0.2) is 0 Å². The summed E-state index contributed by atoms with van der Waals surface area (Å²) in [4.78, 5) is 15.3. The van der Waals surface area contributed by atoms with E-state index in [1.165, 1.54) is 0 Å². The van der Waals surface area contributed by atoms with Crippen LogP contribution in [0.2, 0.25) is 0 Å². The number of hydrogen-bond donors (Lipinski definition) is 2. The fourth-order valence-corrected chi connectivity index (χ4v) is 0.931. The SMILES string of the molecule is NCCNC(=O)C1=NCCC=C1. The Morgan fingerprint density at radius 1 is 1.75 bits per heavy atom. The summed E-state index contributed by atoms with van der Waals surface area (Å²) < 4.78 is 0. The zero-order valence-electron chi connectivity index (χ0n) is 6.92. The molecular weight excluding hydrogens is 154 g/mol. The summed E-state index contributed by atoms with van der Waals surface area (Å²) in [6, 6.07) is 0. The highest BCUT2D eigenvalue weighted by molar-refractivity contribution is 6.43. The highest BCUT2D eigenvalue weighted by Crippen LogP contribution is 1.95. The number of carbonyl (C=O) groups is 1. The molecule has 0 atom stereocenters. The Bertz CT molecular complexity index is 220. The van der Waals surface area contributed by atoms with E-state index in [1.54, 1.807) is 6.08 Å². The van der Waals surface area contributed by atoms with Crippen molar-refractivity contribution in [2.75, 3.05) is 19.6 Å². The smallest absolute Gasteiger partial charge is 0.269 e. The lowest BCUT2D eigenvalue weighted by atomic mass is 10.2. The highest BCUT2D eigenvalue weighted by Gasteiger charge is 2.07. The van der Waals surface area contributed by atoms with E-state index in [1.807, 2.05) is 6.08 Å². The summed E-state index contributed by atoms with van der Waals surface area (Å²) in [5, 5.41) is 2.66. The van der Waals surface area contributed by atoms with Crippen molar-refractivity contribution < 1.29 is 4.79 Å². The first-order chi connectivity index (χ1) is 5.84. The van der Waals surface area contributed by atoms with E-state index in [2.05, 4.69) is 10.3 Å². The minimum atomic E-state index is -0.128. The maximum atomic E-state index is 11.2. The Kier molecular flexibility index (Phi) is 3.47. The van der Waals surface area contributed by atoms with E-state index in [0.29, 0.717) is 25.3 Å². The molecule has 3 N–H and O–H groups in total. The van der Waals surface area contributed by atoms with Crippen LogP contribution in [-0.2, 0) is 4.79 Å². The second-order valence-electron chi connectivity index (χ2n) is 2.50. The zero-order valence-corrected chi connectivity index (χ0v) is 6.92. The van der Waals surface area contributed by atoms with E-state index in [-0.39, 0.29) is 5.91 Å². The number of nitrogens with zero attached hydrogens (tertiary/aromatic N) is 1. The topological polar surface area (TPSA) is 67.5 Å². The average molecular weight is 167 g/mol. The molecule has 0 radical (unpaired) electrons. The van der Waals surface area contributed by atoms with E-state index in [4.69, 9.17) is 5.73 Å². The number of hydrogen-bond acceptors (Lipinski definition) is 3. The van der Waals surface area contributed by atoms with Crippen LogP contribution in [0.4, 0.5) is 0 Å². The van der Waals surface area contributed by atoms with E-state index >= 15 is 0 Å². The average Bonchev–Trinajstić information content (AvgIpc) is 2.15. The van der Waals surface area contributed by atoms with Gasteiger partial charge in [-0.1, -0.05) is 6.08 Å². The van der Waals surface area contributed by atoms with Crippen molar-refractivity contribution in [1.29, 1.82) is 0 Å². The molecule has 0 aromatic rings. The van der Waals surface area contributed by atoms with Gasteiger partial charge in [0.25, 0.3) is 5.91 Å². The fourth-order valence-electron chi connectivity index (χ4n) is 0.931. The molecule has 0 spiro atoms. The van der Waals surface area contributed by atoms with Crippen molar-refractivity contribution in [3.05, 3.63) is 12.2 Å². The Morgan fingerprint density at radius 3 is 3.17 bits per heavy atom. The Hall–Kier alpha value is -1.16. The highest BCUT2D eigenvalue weighted by atomic mass is 16.1. The summed E-state index contributed by atoms with van der Waals surface area (Å²) >= 11 is 0. The molecule has 0 aliphatic carbocycles. The third kappa shape index (κ3) is 2.47. The molecule has 4 nitrogen and oxygen atoms in total. The molecular formula is C8H13N3O. The van der Waals surface area contributed by atoms with Crippen LogP contribution in [-0.4, -0.2) is 31.3 Å². The summed E-state index contributed by atoms with van der Waals surface area (Å²) in [5.41, 5.74) is 5.74. The van der Waals surface area contributed by atoms with Crippen LogP contribution in [0.15, 0.2) is 17.1 Å². The van der Waals surface area contributed by atoms with E-state index < -0.39 is 0 Å². The van der Waals surface area contributed by atoms with Gasteiger partial charge in [0.2, 0.25) is 0 Å². The van der Waals surface area contributed by atoms with Crippen molar-refractivity contribution in [2.24, 2.45) is 10.7 Å². The molecule has 1 aliphatic heterocycles. The standard InChI is InChI=1S/C8H13N3O/c9-4-6-11-8(12)7-3-1-2-5-10-7/h1,3H,2,4-6,9H2,(H,11,12). The molecule has 4 heteroatoms. The number of amides is 1. The van der Waals surface area contributed by atoms with Crippen LogP contribution in [0.1, 0.15) is 6.42 Å². The Labute approximate surface area is 71.5 Å². The molecule has 0 fully saturated rings. The minimum absolute atomic E-state index is 0.128. The van der Waals surface area contributed by atoms with Crippen molar-refractivity contribution in [3.63, 3.8) is 0 Å². The first-order valence-corrected chi connectivity index (χ1v) is 4.04. The van der Waals surface area contributed by atoms with Crippen LogP contribution >= 0.6 is 0 Å². The second-order valence-corrected chi connectivity index (χ2v) is 2.50. The molecule has 1 rings (SSSR count). The number of aliphatic imine (C=N–C) groups is 1. The summed E-state index contributed by atoms with van der Waals surface area (Å²) in [6.45, 7) is 1.68. The van der Waals surface area contributed by atoms with Gasteiger partial charge in [-0.2, -0.15) is 0 Å². The van der Waals surface area contributed by atoms with Crippen molar-refractivity contribution in [3.8, 4) is 0 Å². The van der Waals surface area contributed by atoms with Crippen LogP contribution in [0, 0.1) is 0 Å². The van der Waals surface area contributed by atoms with Gasteiger partial charge in [0, 0.05) is 19.6 Å². The Morgan fingerprint density at radius 2 is 2.58 bits per heavy atom. The summed E-state index contributed by atoms with van der Waals surface area (Å²) in [7, 11) is 0. The third-order valence-corrected chi connectivity index (χ3v) is 1.52. The number of rotatable bonds is 3. The molecule has 0 aromatic heterocycles. The van der Waals surface area contributed by atoms with Gasteiger partial charge < -0.3 is 11.1 Å². The monoisotopic (exact) mass is 167 g/mol. The van der Waals surface area contributed by atoms with Gasteiger partial charge in [-0.3, -0.25) is 9.79 Å². The molecule has 66 valence electrons. The van der Waals surface area contributed by atoms with E-state index in [9.17, 15) is 4.79 Å². The molecule has 0 aromatic carbocycles. The Balaban J connectivity index is 2.41. The summed E-state index contributed by atoms with van der Waals surface area (Å²) in [6.07, 6.45) is 4.62. The maximum Gasteiger partial charge on any atom is 0.269 e. The molecule has 12 heavy (non-hydrogen) atoms. The van der Waals surface area contributed by atoms with Crippen molar-refractivity contribution in [1.82, 2.24) is 5.32 Å². The fraction of sp³-hybridized carbons (Fsp3) is 0.500. The first-order valence-electron chi connectivity index (χ1n) is 4.04. The van der Waals surface area contributed by atoms with Gasteiger partial charge in [0.05, 0.1) is 0 Å². The lowest BCUT2D eigenvalue weighted by Gasteiger charge is -2.05. The minimum Gasteiger partial charge on any atom is -0.349 e. The van der Waals surface area contributed by atoms with Crippen LogP contribution in [0.3, 0.4) is 0 Å². The first kappa shape index (κ1) is 8.93. The van der Waals surface area contributed by atoms with Crippen molar-refractivity contribution in [2.45, 2.75) is 6.42 Å². The molecule has 1 aliphatic rings. The van der Waals surface area contributed by atoms with Gasteiger partial charge >= 0.3 is 0 Å². The zero-order chi connectivity index (χ0) is 8.81. The maximum absolute atomic E-state index is 11.2. The third-order valence-electron chi connectivity index (χ3n) is 1.52. The van der Waals surface area contributed by atoms with Crippen LogP contribution in [0.5, 0.6) is 0 Å². The predicted octanol–water partition coefficient (Wildman–Crippen LogP) is -0.538. The van der Waals surface area contributed by atoms with Crippen LogP contribution < -0.4 is 11.1 Å². The van der Waals surface area contributed by atoms with E-state index in [0.717, 1.165) is 6.42 Å². The largest absolute Gasteiger partial charge is 0.349 e. The van der Waals surface area contributed by atoms with Gasteiger partial charge in [-0.15, -0.1) is 0 Å². The number of nitrogens with two attached hydrogens (primary N) is 1. The molecule has 1 heterocycles. The lowest BCUT2D eigenvalue weighted by Crippen LogP contribution is -2.34. The number of carbonyl (C=O) groups excluding carboxylic acids is 1. The molecule has 0 unspecified atom stereocenters. The second kappa shape index (κ2) is 4.66. The van der Waals surface area contributed by atoms with Gasteiger partial charge in [-0.25, -0.2) is 0 Å². The number of nitrogens with one attached hydrogen (secondary N) is 1. The van der Waals surface area contributed by atoms with Crippen molar-refractivity contribution >= 4 is 11.6 Å². The van der Waals surface area contributed by atoms with Gasteiger partial charge in [0.1, 0.15) is 5.71 Å².